The number of ether oxygens (including phenoxy) is 1. The molecule has 2 aromatic heterocycles. The third-order valence-corrected chi connectivity index (χ3v) is 4.94. The van der Waals surface area contributed by atoms with Gasteiger partial charge >= 0.3 is 0 Å². The van der Waals surface area contributed by atoms with Crippen LogP contribution in [-0.4, -0.2) is 39.4 Å². The number of carbonyl (C=O) groups is 2. The molecule has 0 saturated heterocycles. The molecule has 0 saturated carbocycles. The highest BCUT2D eigenvalue weighted by atomic mass is 16.5. The van der Waals surface area contributed by atoms with E-state index in [0.29, 0.717) is 24.7 Å². The smallest absolute Gasteiger partial charge is 0.233 e. The topological polar surface area (TPSA) is 98.1 Å². The Balaban J connectivity index is 1.36. The third-order valence-electron chi connectivity index (χ3n) is 4.94. The highest BCUT2D eigenvalue weighted by molar-refractivity contribution is 6.13. The van der Waals surface area contributed by atoms with E-state index in [4.69, 9.17) is 4.74 Å². The molecule has 1 atom stereocenters. The van der Waals surface area contributed by atoms with Gasteiger partial charge in [0.2, 0.25) is 11.8 Å². The fraction of sp³-hybridized carbons (Fsp3) is 0.273. The summed E-state index contributed by atoms with van der Waals surface area (Å²) < 4.78 is 7.35. The molecule has 4 rings (SSSR count). The molecule has 3 aromatic rings. The van der Waals surface area contributed by atoms with Gasteiger partial charge in [-0.05, 0) is 24.1 Å². The molecule has 3 heterocycles. The number of hydrogen-bond acceptors (Lipinski definition) is 6. The van der Waals surface area contributed by atoms with Gasteiger partial charge in [0.05, 0.1) is 18.6 Å². The first-order chi connectivity index (χ1) is 14.6. The molecule has 2 N–H and O–H groups in total. The van der Waals surface area contributed by atoms with Gasteiger partial charge in [0.25, 0.3) is 0 Å². The molecule has 1 aromatic carbocycles. The van der Waals surface area contributed by atoms with Crippen LogP contribution in [0.3, 0.4) is 0 Å². The summed E-state index contributed by atoms with van der Waals surface area (Å²) in [5, 5.41) is 5.97. The van der Waals surface area contributed by atoms with E-state index in [0.717, 1.165) is 17.7 Å². The van der Waals surface area contributed by atoms with Crippen molar-refractivity contribution in [2.75, 3.05) is 18.5 Å². The lowest BCUT2D eigenvalue weighted by molar-refractivity contribution is -0.123. The van der Waals surface area contributed by atoms with Gasteiger partial charge in [-0.15, -0.1) is 0 Å². The summed E-state index contributed by atoms with van der Waals surface area (Å²) in [6, 6.07) is 11.4. The van der Waals surface area contributed by atoms with Gasteiger partial charge < -0.3 is 19.9 Å². The maximum absolute atomic E-state index is 12.8. The lowest BCUT2D eigenvalue weighted by Crippen LogP contribution is -2.42. The summed E-state index contributed by atoms with van der Waals surface area (Å²) in [4.78, 5) is 33.7. The number of nitrogens with zero attached hydrogens (tertiary/aromatic N) is 3. The van der Waals surface area contributed by atoms with Gasteiger partial charge in [-0.25, -0.2) is 9.97 Å². The van der Waals surface area contributed by atoms with Crippen molar-refractivity contribution in [1.82, 2.24) is 19.9 Å². The monoisotopic (exact) mass is 405 g/mol. The molecule has 1 amide bonds. The van der Waals surface area contributed by atoms with E-state index in [1.807, 2.05) is 42.0 Å². The molecule has 0 bridgehead atoms. The first-order valence-corrected chi connectivity index (χ1v) is 9.87. The number of imidazole rings is 1. The standard InChI is InChI=1S/C22H23N5O3/c1-2-30-19-8-7-18-20(26-19)21(28)17(12-24-18)22(29)25-11-15-3-5-16(6-4-15)13-27-10-9-23-14-27/h3-10,14,17,24H,2,11-13H2,1H3,(H,25,29). The lowest BCUT2D eigenvalue weighted by Gasteiger charge is -2.23. The van der Waals surface area contributed by atoms with Crippen LogP contribution < -0.4 is 15.4 Å². The van der Waals surface area contributed by atoms with Crippen molar-refractivity contribution < 1.29 is 14.3 Å². The van der Waals surface area contributed by atoms with Crippen LogP contribution in [0.2, 0.25) is 0 Å². The Labute approximate surface area is 174 Å². The Hall–Kier alpha value is -3.68. The largest absolute Gasteiger partial charge is 0.478 e. The average molecular weight is 405 g/mol. The third kappa shape index (κ3) is 4.32. The van der Waals surface area contributed by atoms with Gasteiger partial charge in [0, 0.05) is 38.1 Å². The number of rotatable bonds is 7. The fourth-order valence-corrected chi connectivity index (χ4v) is 3.35. The number of hydrogen-bond donors (Lipinski definition) is 2. The molecular formula is C22H23N5O3. The molecule has 1 aliphatic rings. The number of nitrogens with one attached hydrogen (secondary N) is 2. The Morgan fingerprint density at radius 2 is 2.03 bits per heavy atom. The molecule has 0 spiro atoms. The Bertz CT molecular complexity index is 1030. The second kappa shape index (κ2) is 8.77. The molecule has 30 heavy (non-hydrogen) atoms. The van der Waals surface area contributed by atoms with E-state index in [9.17, 15) is 9.59 Å². The van der Waals surface area contributed by atoms with Crippen LogP contribution in [0, 0.1) is 5.92 Å². The van der Waals surface area contributed by atoms with Gasteiger partial charge in [-0.2, -0.15) is 0 Å². The van der Waals surface area contributed by atoms with Crippen LogP contribution in [0.1, 0.15) is 28.5 Å². The van der Waals surface area contributed by atoms with Gasteiger partial charge in [-0.1, -0.05) is 24.3 Å². The molecule has 8 heteroatoms. The quantitative estimate of drug-likeness (QED) is 0.585. The van der Waals surface area contributed by atoms with Crippen molar-refractivity contribution in [2.24, 2.45) is 5.92 Å². The zero-order valence-electron chi connectivity index (χ0n) is 16.7. The summed E-state index contributed by atoms with van der Waals surface area (Å²) >= 11 is 0. The highest BCUT2D eigenvalue weighted by Crippen LogP contribution is 2.25. The van der Waals surface area contributed by atoms with Crippen LogP contribution in [0.25, 0.3) is 0 Å². The van der Waals surface area contributed by atoms with Gasteiger partial charge in [-0.3, -0.25) is 9.59 Å². The number of aromatic nitrogens is 3. The molecule has 0 radical (unpaired) electrons. The Morgan fingerprint density at radius 1 is 1.23 bits per heavy atom. The minimum Gasteiger partial charge on any atom is -0.478 e. The first kappa shape index (κ1) is 19.6. The number of ketones is 1. The second-order valence-corrected chi connectivity index (χ2v) is 7.05. The lowest BCUT2D eigenvalue weighted by atomic mass is 9.95. The van der Waals surface area contributed by atoms with Crippen LogP contribution >= 0.6 is 0 Å². The van der Waals surface area contributed by atoms with Crippen LogP contribution in [0.4, 0.5) is 5.69 Å². The minimum absolute atomic E-state index is 0.246. The Morgan fingerprint density at radius 3 is 2.77 bits per heavy atom. The zero-order valence-corrected chi connectivity index (χ0v) is 16.7. The fourth-order valence-electron chi connectivity index (χ4n) is 3.35. The summed E-state index contributed by atoms with van der Waals surface area (Å²) in [6.45, 7) is 3.65. The molecule has 1 unspecified atom stereocenters. The van der Waals surface area contributed by atoms with E-state index in [1.165, 1.54) is 0 Å². The maximum atomic E-state index is 12.8. The van der Waals surface area contributed by atoms with Crippen molar-refractivity contribution in [3.8, 4) is 5.88 Å². The molecule has 0 fully saturated rings. The number of anilines is 1. The van der Waals surface area contributed by atoms with Gasteiger partial charge in [0.15, 0.2) is 5.78 Å². The van der Waals surface area contributed by atoms with E-state index in [1.54, 1.807) is 24.7 Å². The number of carbonyl (C=O) groups excluding carboxylic acids is 2. The predicted octanol–water partition coefficient (Wildman–Crippen LogP) is 2.27. The highest BCUT2D eigenvalue weighted by Gasteiger charge is 2.34. The number of benzene rings is 1. The molecular weight excluding hydrogens is 382 g/mol. The molecule has 8 nitrogen and oxygen atoms in total. The predicted molar refractivity (Wildman–Crippen MR) is 111 cm³/mol. The summed E-state index contributed by atoms with van der Waals surface area (Å²) in [7, 11) is 0. The summed E-state index contributed by atoms with van der Waals surface area (Å²) in [5.74, 6) is -1.05. The van der Waals surface area contributed by atoms with Crippen molar-refractivity contribution in [1.29, 1.82) is 0 Å². The summed E-state index contributed by atoms with van der Waals surface area (Å²) in [5.41, 5.74) is 2.98. The molecule has 154 valence electrons. The number of fused-ring (bicyclic) bond motifs is 1. The van der Waals surface area contributed by atoms with Crippen molar-refractivity contribution in [3.63, 3.8) is 0 Å². The number of amides is 1. The van der Waals surface area contributed by atoms with Crippen LogP contribution in [0.5, 0.6) is 5.88 Å². The normalized spacial score (nSPS) is 15.2. The number of Topliss-reactive ketones (excluding diaryl/α,β-unsaturated/α-hetero) is 1. The van der Waals surface area contributed by atoms with Gasteiger partial charge in [0.1, 0.15) is 11.6 Å². The van der Waals surface area contributed by atoms with Crippen LogP contribution in [0.15, 0.2) is 55.1 Å². The van der Waals surface area contributed by atoms with Crippen molar-refractivity contribution in [3.05, 3.63) is 71.9 Å². The minimum atomic E-state index is -0.817. The van der Waals surface area contributed by atoms with Crippen molar-refractivity contribution >= 4 is 17.4 Å². The molecule has 0 aliphatic carbocycles. The van der Waals surface area contributed by atoms with Crippen LogP contribution in [-0.2, 0) is 17.9 Å². The zero-order chi connectivity index (χ0) is 20.9. The maximum Gasteiger partial charge on any atom is 0.233 e. The van der Waals surface area contributed by atoms with E-state index in [-0.39, 0.29) is 23.9 Å². The number of pyridine rings is 1. The SMILES string of the molecule is CCOc1ccc2c(n1)C(=O)C(C(=O)NCc1ccc(Cn3ccnc3)cc1)CN2. The first-order valence-electron chi connectivity index (χ1n) is 9.87. The van der Waals surface area contributed by atoms with E-state index < -0.39 is 5.92 Å². The Kier molecular flexibility index (Phi) is 5.74. The average Bonchev–Trinajstić information content (AvgIpc) is 3.27. The van der Waals surface area contributed by atoms with E-state index in [2.05, 4.69) is 20.6 Å². The van der Waals surface area contributed by atoms with Crippen molar-refractivity contribution in [2.45, 2.75) is 20.0 Å². The molecule has 1 aliphatic heterocycles. The summed E-state index contributed by atoms with van der Waals surface area (Å²) in [6.07, 6.45) is 5.43. The second-order valence-electron chi connectivity index (χ2n) is 7.05. The van der Waals surface area contributed by atoms with E-state index >= 15 is 0 Å².